The largest absolute Gasteiger partial charge is 0.370 e. The highest BCUT2D eigenvalue weighted by Crippen LogP contribution is 2.06. The molecule has 0 aliphatic rings. The Morgan fingerprint density at radius 2 is 2.36 bits per heavy atom. The Labute approximate surface area is 72.5 Å². The molecular formula is C8H12N2S. The molecule has 0 unspecified atom stereocenters. The molecule has 1 aromatic heterocycles. The minimum atomic E-state index is 0.756. The first-order valence-electron chi connectivity index (χ1n) is 3.73. The molecule has 3 heteroatoms. The van der Waals surface area contributed by atoms with Crippen LogP contribution in [-0.2, 0) is 0 Å². The Morgan fingerprint density at radius 3 is 3.00 bits per heavy atom. The molecule has 1 heterocycles. The second kappa shape index (κ2) is 4.23. The van der Waals surface area contributed by atoms with Crippen molar-refractivity contribution >= 4 is 18.4 Å². The predicted molar refractivity (Wildman–Crippen MR) is 50.3 cm³/mol. The second-order valence-corrected chi connectivity index (χ2v) is 2.77. The van der Waals surface area contributed by atoms with Crippen LogP contribution in [0.1, 0.15) is 13.3 Å². The van der Waals surface area contributed by atoms with Crippen molar-refractivity contribution < 1.29 is 0 Å². The zero-order valence-electron chi connectivity index (χ0n) is 6.54. The van der Waals surface area contributed by atoms with Gasteiger partial charge in [0.15, 0.2) is 0 Å². The van der Waals surface area contributed by atoms with Gasteiger partial charge >= 0.3 is 0 Å². The first-order chi connectivity index (χ1) is 5.33. The van der Waals surface area contributed by atoms with Crippen LogP contribution < -0.4 is 5.32 Å². The smallest absolute Gasteiger partial charge is 0.127 e. The fourth-order valence-electron chi connectivity index (χ4n) is 0.775. The Morgan fingerprint density at radius 1 is 1.55 bits per heavy atom. The van der Waals surface area contributed by atoms with Crippen molar-refractivity contribution in [2.24, 2.45) is 0 Å². The van der Waals surface area contributed by atoms with E-state index < -0.39 is 0 Å². The van der Waals surface area contributed by atoms with Crippen LogP contribution in [0.2, 0.25) is 0 Å². The number of nitrogens with zero attached hydrogens (tertiary/aromatic N) is 1. The molecule has 0 amide bonds. The maximum absolute atomic E-state index is 4.16. The quantitative estimate of drug-likeness (QED) is 0.676. The number of hydrogen-bond donors (Lipinski definition) is 2. The van der Waals surface area contributed by atoms with Gasteiger partial charge in [-0.15, -0.1) is 12.6 Å². The standard InChI is InChI=1S/C8H12N2S/c1-2-6-9-7-4-3-5-8(11)10-7/h3-5H,2,6H2,1H3,(H2,9,10,11). The van der Waals surface area contributed by atoms with E-state index in [0.29, 0.717) is 0 Å². The van der Waals surface area contributed by atoms with Gasteiger partial charge < -0.3 is 5.32 Å². The summed E-state index contributed by atoms with van der Waals surface area (Å²) in [5, 5.41) is 3.93. The van der Waals surface area contributed by atoms with Gasteiger partial charge in [0.05, 0.1) is 5.03 Å². The van der Waals surface area contributed by atoms with Crippen LogP contribution in [0.5, 0.6) is 0 Å². The molecule has 60 valence electrons. The van der Waals surface area contributed by atoms with Crippen LogP contribution in [0.4, 0.5) is 5.82 Å². The average molecular weight is 168 g/mol. The number of nitrogens with one attached hydrogen (secondary N) is 1. The number of anilines is 1. The first kappa shape index (κ1) is 8.40. The summed E-state index contributed by atoms with van der Waals surface area (Å²) in [6.45, 7) is 3.09. The van der Waals surface area contributed by atoms with Gasteiger partial charge in [0.1, 0.15) is 5.82 Å². The monoisotopic (exact) mass is 168 g/mol. The van der Waals surface area contributed by atoms with Gasteiger partial charge in [0, 0.05) is 6.54 Å². The van der Waals surface area contributed by atoms with E-state index in [1.807, 2.05) is 18.2 Å². The minimum absolute atomic E-state index is 0.756. The van der Waals surface area contributed by atoms with Crippen LogP contribution in [-0.4, -0.2) is 11.5 Å². The third kappa shape index (κ3) is 2.80. The van der Waals surface area contributed by atoms with Gasteiger partial charge in [-0.3, -0.25) is 0 Å². The highest BCUT2D eigenvalue weighted by molar-refractivity contribution is 7.80. The molecule has 0 aromatic carbocycles. The van der Waals surface area contributed by atoms with Crippen molar-refractivity contribution in [2.45, 2.75) is 18.4 Å². The second-order valence-electron chi connectivity index (χ2n) is 2.31. The van der Waals surface area contributed by atoms with E-state index in [2.05, 4.69) is 29.9 Å². The van der Waals surface area contributed by atoms with Crippen LogP contribution in [0, 0.1) is 0 Å². The molecular weight excluding hydrogens is 156 g/mol. The fraction of sp³-hybridized carbons (Fsp3) is 0.375. The number of rotatable bonds is 3. The highest BCUT2D eigenvalue weighted by Gasteiger charge is 1.90. The molecule has 2 nitrogen and oxygen atoms in total. The van der Waals surface area contributed by atoms with Crippen molar-refractivity contribution in [3.05, 3.63) is 18.2 Å². The third-order valence-electron chi connectivity index (χ3n) is 1.29. The third-order valence-corrected chi connectivity index (χ3v) is 1.54. The fourth-order valence-corrected chi connectivity index (χ4v) is 0.969. The van der Waals surface area contributed by atoms with Crippen molar-refractivity contribution in [1.29, 1.82) is 0 Å². The molecule has 0 aliphatic heterocycles. The van der Waals surface area contributed by atoms with Crippen molar-refractivity contribution in [3.8, 4) is 0 Å². The zero-order valence-corrected chi connectivity index (χ0v) is 7.44. The van der Waals surface area contributed by atoms with Gasteiger partial charge in [-0.05, 0) is 18.6 Å². The lowest BCUT2D eigenvalue weighted by atomic mass is 10.4. The Balaban J connectivity index is 2.56. The summed E-state index contributed by atoms with van der Waals surface area (Å²) in [6.07, 6.45) is 1.11. The van der Waals surface area contributed by atoms with E-state index in [-0.39, 0.29) is 0 Å². The molecule has 0 radical (unpaired) electrons. The number of hydrogen-bond acceptors (Lipinski definition) is 3. The summed E-state index contributed by atoms with van der Waals surface area (Å²) in [6, 6.07) is 5.74. The Hall–Kier alpha value is -0.700. The highest BCUT2D eigenvalue weighted by atomic mass is 32.1. The normalized spacial score (nSPS) is 9.64. The summed E-state index contributed by atoms with van der Waals surface area (Å²) >= 11 is 4.13. The number of pyridine rings is 1. The van der Waals surface area contributed by atoms with Crippen molar-refractivity contribution in [2.75, 3.05) is 11.9 Å². The molecule has 1 rings (SSSR count). The molecule has 0 saturated heterocycles. The lowest BCUT2D eigenvalue weighted by Crippen LogP contribution is -2.01. The predicted octanol–water partition coefficient (Wildman–Crippen LogP) is 2.19. The molecule has 1 aromatic rings. The van der Waals surface area contributed by atoms with Crippen LogP contribution in [0.25, 0.3) is 0 Å². The van der Waals surface area contributed by atoms with Gasteiger partial charge in [0.2, 0.25) is 0 Å². The molecule has 11 heavy (non-hydrogen) atoms. The topological polar surface area (TPSA) is 24.9 Å². The molecule has 0 atom stereocenters. The molecule has 0 saturated carbocycles. The maximum Gasteiger partial charge on any atom is 0.127 e. The molecule has 0 aliphatic carbocycles. The van der Waals surface area contributed by atoms with Crippen LogP contribution in [0.3, 0.4) is 0 Å². The molecule has 0 spiro atoms. The van der Waals surface area contributed by atoms with E-state index in [9.17, 15) is 0 Å². The number of thiol groups is 1. The maximum atomic E-state index is 4.16. The SMILES string of the molecule is CCCNc1cccc(S)n1. The van der Waals surface area contributed by atoms with E-state index in [4.69, 9.17) is 0 Å². The van der Waals surface area contributed by atoms with Crippen molar-refractivity contribution in [1.82, 2.24) is 4.98 Å². The number of aromatic nitrogens is 1. The van der Waals surface area contributed by atoms with Gasteiger partial charge in [-0.2, -0.15) is 0 Å². The van der Waals surface area contributed by atoms with Crippen LogP contribution >= 0.6 is 12.6 Å². The summed E-state index contributed by atoms with van der Waals surface area (Å²) in [7, 11) is 0. The van der Waals surface area contributed by atoms with Crippen molar-refractivity contribution in [3.63, 3.8) is 0 Å². The lowest BCUT2D eigenvalue weighted by Gasteiger charge is -2.02. The van der Waals surface area contributed by atoms with E-state index in [1.54, 1.807) is 0 Å². The average Bonchev–Trinajstić information content (AvgIpc) is 2.01. The summed E-state index contributed by atoms with van der Waals surface area (Å²) in [4.78, 5) is 4.16. The molecule has 0 bridgehead atoms. The zero-order chi connectivity index (χ0) is 8.10. The summed E-state index contributed by atoms with van der Waals surface area (Å²) in [5.74, 6) is 0.902. The van der Waals surface area contributed by atoms with E-state index >= 15 is 0 Å². The summed E-state index contributed by atoms with van der Waals surface area (Å²) in [5.41, 5.74) is 0. The van der Waals surface area contributed by atoms with E-state index in [0.717, 1.165) is 23.8 Å². The van der Waals surface area contributed by atoms with E-state index in [1.165, 1.54) is 0 Å². The molecule has 1 N–H and O–H groups in total. The van der Waals surface area contributed by atoms with Gasteiger partial charge in [-0.25, -0.2) is 4.98 Å². The Bertz CT molecular complexity index is 225. The Kier molecular flexibility index (Phi) is 3.23. The van der Waals surface area contributed by atoms with Gasteiger partial charge in [0.25, 0.3) is 0 Å². The lowest BCUT2D eigenvalue weighted by molar-refractivity contribution is 0.960. The minimum Gasteiger partial charge on any atom is -0.370 e. The first-order valence-corrected chi connectivity index (χ1v) is 4.17. The van der Waals surface area contributed by atoms with Crippen LogP contribution in [0.15, 0.2) is 23.2 Å². The summed E-state index contributed by atoms with van der Waals surface area (Å²) < 4.78 is 0. The van der Waals surface area contributed by atoms with Gasteiger partial charge in [-0.1, -0.05) is 13.0 Å². The molecule has 0 fully saturated rings.